The summed E-state index contributed by atoms with van der Waals surface area (Å²) in [5, 5.41) is 19.0. The van der Waals surface area contributed by atoms with E-state index in [2.05, 4.69) is 20.4 Å². The second-order valence-corrected chi connectivity index (χ2v) is 5.69. The van der Waals surface area contributed by atoms with Crippen LogP contribution in [0.15, 0.2) is 41.4 Å². The zero-order chi connectivity index (χ0) is 14.4. The number of aliphatic hydroxyl groups excluding tert-OH is 1. The van der Waals surface area contributed by atoms with Gasteiger partial charge in [0.05, 0.1) is 28.4 Å². The summed E-state index contributed by atoms with van der Waals surface area (Å²) in [4.78, 5) is 9.14. The van der Waals surface area contributed by atoms with Crippen molar-refractivity contribution >= 4 is 33.3 Å². The minimum absolute atomic E-state index is 0.650. The van der Waals surface area contributed by atoms with Crippen molar-refractivity contribution in [1.82, 2.24) is 19.7 Å². The normalized spacial score (nSPS) is 13.0. The van der Waals surface area contributed by atoms with Crippen LogP contribution >= 0.6 is 11.3 Å². The van der Waals surface area contributed by atoms with E-state index in [-0.39, 0.29) is 0 Å². The van der Waals surface area contributed by atoms with Crippen molar-refractivity contribution in [3.8, 4) is 11.3 Å². The lowest BCUT2D eigenvalue weighted by Crippen LogP contribution is -2.03. The summed E-state index contributed by atoms with van der Waals surface area (Å²) in [5.41, 5.74) is 4.37. The third kappa shape index (κ3) is 2.09. The molecule has 0 aliphatic carbocycles. The highest BCUT2D eigenvalue weighted by molar-refractivity contribution is 7.08. The zero-order valence-corrected chi connectivity index (χ0v) is 12.1. The minimum atomic E-state index is -0.650. The maximum atomic E-state index is 9.60. The van der Waals surface area contributed by atoms with Crippen LogP contribution in [0, 0.1) is 0 Å². The summed E-state index contributed by atoms with van der Waals surface area (Å²) in [7, 11) is 0. The van der Waals surface area contributed by atoms with Gasteiger partial charge in [0.2, 0.25) is 0 Å². The molecule has 0 aliphatic rings. The first kappa shape index (κ1) is 12.4. The van der Waals surface area contributed by atoms with Crippen molar-refractivity contribution in [1.29, 1.82) is 0 Å². The van der Waals surface area contributed by atoms with Crippen LogP contribution in [0.4, 0.5) is 0 Å². The Labute approximate surface area is 124 Å². The Morgan fingerprint density at radius 2 is 2.14 bits per heavy atom. The van der Waals surface area contributed by atoms with Gasteiger partial charge in [0.15, 0.2) is 0 Å². The largest absolute Gasteiger partial charge is 0.372 e. The Bertz CT molecular complexity index is 928. The standard InChI is InChI=1S/C15H12N4OS/c1-9(20)19-7-11-4-13-14(5-12(11)18-19)17-15(6-16-13)10-2-3-21-8-10/h2-9,20H,1H3. The SMILES string of the molecule is CC(O)n1cc2cc3ncc(-c4ccsc4)nc3cc2n1. The van der Waals surface area contributed by atoms with Crippen molar-refractivity contribution in [2.45, 2.75) is 13.2 Å². The molecule has 1 N–H and O–H groups in total. The highest BCUT2D eigenvalue weighted by Crippen LogP contribution is 2.24. The number of fused-ring (bicyclic) bond motifs is 2. The van der Waals surface area contributed by atoms with Gasteiger partial charge in [-0.3, -0.25) is 4.98 Å². The number of hydrogen-bond donors (Lipinski definition) is 1. The molecule has 0 saturated carbocycles. The van der Waals surface area contributed by atoms with Gasteiger partial charge < -0.3 is 5.11 Å². The molecule has 3 aromatic heterocycles. The molecule has 0 amide bonds. The topological polar surface area (TPSA) is 63.8 Å². The van der Waals surface area contributed by atoms with E-state index >= 15 is 0 Å². The van der Waals surface area contributed by atoms with Crippen LogP contribution in [0.1, 0.15) is 13.2 Å². The number of nitrogens with zero attached hydrogens (tertiary/aromatic N) is 4. The minimum Gasteiger partial charge on any atom is -0.372 e. The first-order valence-electron chi connectivity index (χ1n) is 6.57. The first-order valence-corrected chi connectivity index (χ1v) is 7.51. The molecular weight excluding hydrogens is 284 g/mol. The van der Waals surface area contributed by atoms with Gasteiger partial charge in [0, 0.05) is 22.5 Å². The number of thiophene rings is 1. The van der Waals surface area contributed by atoms with E-state index in [0.717, 1.165) is 33.2 Å². The van der Waals surface area contributed by atoms with Crippen molar-refractivity contribution in [3.63, 3.8) is 0 Å². The van der Waals surface area contributed by atoms with Crippen LogP contribution < -0.4 is 0 Å². The molecule has 6 heteroatoms. The molecule has 0 radical (unpaired) electrons. The smallest absolute Gasteiger partial charge is 0.144 e. The molecule has 0 fully saturated rings. The predicted octanol–water partition coefficient (Wildman–Crippen LogP) is 3.22. The van der Waals surface area contributed by atoms with Gasteiger partial charge in [-0.2, -0.15) is 16.4 Å². The summed E-state index contributed by atoms with van der Waals surface area (Å²) < 4.78 is 1.53. The molecule has 4 rings (SSSR count). The predicted molar refractivity (Wildman–Crippen MR) is 83.1 cm³/mol. The highest BCUT2D eigenvalue weighted by atomic mass is 32.1. The van der Waals surface area contributed by atoms with E-state index in [1.165, 1.54) is 4.68 Å². The first-order chi connectivity index (χ1) is 10.2. The Morgan fingerprint density at radius 3 is 2.90 bits per heavy atom. The summed E-state index contributed by atoms with van der Waals surface area (Å²) >= 11 is 1.64. The number of benzene rings is 1. The maximum Gasteiger partial charge on any atom is 0.144 e. The summed E-state index contributed by atoms with van der Waals surface area (Å²) in [6, 6.07) is 5.88. The van der Waals surface area contributed by atoms with Gasteiger partial charge in [-0.25, -0.2) is 9.67 Å². The van der Waals surface area contributed by atoms with Crippen LogP contribution in [0.3, 0.4) is 0 Å². The van der Waals surface area contributed by atoms with E-state index in [9.17, 15) is 5.11 Å². The zero-order valence-electron chi connectivity index (χ0n) is 11.3. The average molecular weight is 296 g/mol. The molecule has 1 unspecified atom stereocenters. The van der Waals surface area contributed by atoms with E-state index in [1.807, 2.05) is 29.8 Å². The fraction of sp³-hybridized carbons (Fsp3) is 0.133. The van der Waals surface area contributed by atoms with Gasteiger partial charge in [-0.15, -0.1) is 0 Å². The van der Waals surface area contributed by atoms with E-state index in [0.29, 0.717) is 0 Å². The van der Waals surface area contributed by atoms with E-state index in [4.69, 9.17) is 0 Å². The summed E-state index contributed by atoms with van der Waals surface area (Å²) in [6.07, 6.45) is 2.95. The molecular formula is C15H12N4OS. The third-order valence-electron chi connectivity index (χ3n) is 3.39. The molecule has 4 aromatic rings. The number of aliphatic hydroxyl groups is 1. The fourth-order valence-corrected chi connectivity index (χ4v) is 2.94. The molecule has 1 aromatic carbocycles. The quantitative estimate of drug-likeness (QED) is 0.617. The highest BCUT2D eigenvalue weighted by Gasteiger charge is 2.09. The summed E-state index contributed by atoms with van der Waals surface area (Å²) in [6.45, 7) is 1.68. The molecule has 1 atom stereocenters. The van der Waals surface area contributed by atoms with Crippen LogP contribution in [0.5, 0.6) is 0 Å². The molecule has 0 aliphatic heterocycles. The molecule has 0 spiro atoms. The monoisotopic (exact) mass is 296 g/mol. The number of rotatable bonds is 2. The van der Waals surface area contributed by atoms with Crippen LogP contribution in [0.25, 0.3) is 33.2 Å². The Hall–Kier alpha value is -2.31. The molecule has 0 bridgehead atoms. The van der Waals surface area contributed by atoms with Gasteiger partial charge in [-0.1, -0.05) is 0 Å². The van der Waals surface area contributed by atoms with Crippen LogP contribution in [-0.4, -0.2) is 24.9 Å². The lowest BCUT2D eigenvalue weighted by Gasteiger charge is -2.01. The van der Waals surface area contributed by atoms with Gasteiger partial charge in [0.1, 0.15) is 6.23 Å². The van der Waals surface area contributed by atoms with Gasteiger partial charge in [0.25, 0.3) is 0 Å². The number of aromatic nitrogens is 4. The lowest BCUT2D eigenvalue weighted by molar-refractivity contribution is 0.111. The molecule has 21 heavy (non-hydrogen) atoms. The van der Waals surface area contributed by atoms with Gasteiger partial charge in [-0.05, 0) is 30.5 Å². The fourth-order valence-electron chi connectivity index (χ4n) is 2.29. The van der Waals surface area contributed by atoms with Gasteiger partial charge >= 0.3 is 0 Å². The van der Waals surface area contributed by atoms with Crippen molar-refractivity contribution in [2.75, 3.05) is 0 Å². The van der Waals surface area contributed by atoms with E-state index < -0.39 is 6.23 Å². The molecule has 0 saturated heterocycles. The second kappa shape index (κ2) is 4.61. The maximum absolute atomic E-state index is 9.60. The Balaban J connectivity index is 1.92. The van der Waals surface area contributed by atoms with Crippen LogP contribution in [0.2, 0.25) is 0 Å². The van der Waals surface area contributed by atoms with Crippen molar-refractivity contribution in [3.05, 3.63) is 41.4 Å². The molecule has 104 valence electrons. The van der Waals surface area contributed by atoms with Crippen molar-refractivity contribution < 1.29 is 5.11 Å². The van der Waals surface area contributed by atoms with Crippen molar-refractivity contribution in [2.24, 2.45) is 0 Å². The molecule has 5 nitrogen and oxygen atoms in total. The average Bonchev–Trinajstić information content (AvgIpc) is 3.13. The third-order valence-corrected chi connectivity index (χ3v) is 4.07. The van der Waals surface area contributed by atoms with Crippen LogP contribution in [-0.2, 0) is 0 Å². The van der Waals surface area contributed by atoms with E-state index in [1.54, 1.807) is 24.5 Å². The molecule has 3 heterocycles. The lowest BCUT2D eigenvalue weighted by atomic mass is 10.2. The second-order valence-electron chi connectivity index (χ2n) is 4.91. The summed E-state index contributed by atoms with van der Waals surface area (Å²) in [5.74, 6) is 0. The number of hydrogen-bond acceptors (Lipinski definition) is 5. The Morgan fingerprint density at radius 1 is 1.24 bits per heavy atom. The Kier molecular flexibility index (Phi) is 2.73.